The van der Waals surface area contributed by atoms with Gasteiger partial charge in [-0.05, 0) is 48.7 Å². The molecule has 78 valence electrons. The summed E-state index contributed by atoms with van der Waals surface area (Å²) < 4.78 is 1.89. The van der Waals surface area contributed by atoms with Crippen molar-refractivity contribution in [2.75, 3.05) is 6.54 Å². The van der Waals surface area contributed by atoms with Crippen molar-refractivity contribution in [3.63, 3.8) is 0 Å². The molecule has 1 N–H and O–H groups in total. The number of pyridine rings is 1. The maximum Gasteiger partial charge on any atom is 0.207 e. The summed E-state index contributed by atoms with van der Waals surface area (Å²) in [6.45, 7) is 1.12. The molecule has 0 spiro atoms. The smallest absolute Gasteiger partial charge is 0.207 e. The summed E-state index contributed by atoms with van der Waals surface area (Å²) in [5.74, 6) is 0. The van der Waals surface area contributed by atoms with Crippen LogP contribution in [0.5, 0.6) is 0 Å². The largest absolute Gasteiger partial charge is 0.310 e. The molecule has 15 heavy (non-hydrogen) atoms. The van der Waals surface area contributed by atoms with Gasteiger partial charge in [-0.25, -0.2) is 4.98 Å². The number of imidazole rings is 1. The molecule has 0 bridgehead atoms. The molecule has 4 heteroatoms. The summed E-state index contributed by atoms with van der Waals surface area (Å²) in [6, 6.07) is 4.77. The van der Waals surface area contributed by atoms with Crippen molar-refractivity contribution < 1.29 is 0 Å². The van der Waals surface area contributed by atoms with Gasteiger partial charge in [0.25, 0.3) is 0 Å². The van der Waals surface area contributed by atoms with Crippen LogP contribution in [-0.4, -0.2) is 15.9 Å². The zero-order valence-electron chi connectivity index (χ0n) is 8.28. The third-order valence-corrected chi connectivity index (χ3v) is 3.25. The van der Waals surface area contributed by atoms with Crippen molar-refractivity contribution in [1.82, 2.24) is 14.7 Å². The molecule has 0 aliphatic carbocycles. The van der Waals surface area contributed by atoms with Gasteiger partial charge in [-0.3, -0.25) is 4.40 Å². The van der Waals surface area contributed by atoms with E-state index in [1.807, 2.05) is 10.6 Å². The highest BCUT2D eigenvalue weighted by atomic mass is 35.5. The molecule has 2 aromatic rings. The highest BCUT2D eigenvalue weighted by Gasteiger charge is 2.16. The van der Waals surface area contributed by atoms with E-state index in [1.54, 1.807) is 6.20 Å². The van der Waals surface area contributed by atoms with Crippen molar-refractivity contribution in [2.45, 2.75) is 18.9 Å². The van der Waals surface area contributed by atoms with Crippen LogP contribution in [0.25, 0.3) is 5.52 Å². The van der Waals surface area contributed by atoms with Gasteiger partial charge in [-0.2, -0.15) is 0 Å². The Hall–Kier alpha value is -1.06. The van der Waals surface area contributed by atoms with Crippen molar-refractivity contribution in [1.29, 1.82) is 0 Å². The Labute approximate surface area is 93.1 Å². The van der Waals surface area contributed by atoms with E-state index in [0.29, 0.717) is 11.3 Å². The van der Waals surface area contributed by atoms with Gasteiger partial charge in [0.1, 0.15) is 0 Å². The van der Waals surface area contributed by atoms with E-state index in [-0.39, 0.29) is 0 Å². The average molecular weight is 222 g/mol. The second-order valence-electron chi connectivity index (χ2n) is 3.93. The van der Waals surface area contributed by atoms with Crippen molar-refractivity contribution in [3.05, 3.63) is 35.4 Å². The molecular weight excluding hydrogens is 210 g/mol. The Morgan fingerprint density at radius 2 is 2.47 bits per heavy atom. The molecule has 3 heterocycles. The lowest BCUT2D eigenvalue weighted by molar-refractivity contribution is 0.647. The minimum atomic E-state index is 0.503. The van der Waals surface area contributed by atoms with Crippen LogP contribution in [-0.2, 0) is 0 Å². The molecule has 1 aliphatic heterocycles. The number of aromatic nitrogens is 2. The lowest BCUT2D eigenvalue weighted by Gasteiger charge is -2.10. The number of fused-ring (bicyclic) bond motifs is 1. The fourth-order valence-electron chi connectivity index (χ4n) is 2.17. The van der Waals surface area contributed by atoms with Gasteiger partial charge in [0, 0.05) is 12.2 Å². The lowest BCUT2D eigenvalue weighted by atomic mass is 10.1. The first-order valence-corrected chi connectivity index (χ1v) is 5.58. The van der Waals surface area contributed by atoms with Crippen LogP contribution in [0.4, 0.5) is 0 Å². The van der Waals surface area contributed by atoms with Crippen LogP contribution >= 0.6 is 11.6 Å². The number of hydrogen-bond donors (Lipinski definition) is 1. The number of halogens is 1. The molecule has 0 radical (unpaired) electrons. The average Bonchev–Trinajstić information content (AvgIpc) is 2.88. The molecule has 0 amide bonds. The van der Waals surface area contributed by atoms with Gasteiger partial charge in [-0.15, -0.1) is 0 Å². The molecule has 1 unspecified atom stereocenters. The quantitative estimate of drug-likeness (QED) is 0.802. The van der Waals surface area contributed by atoms with Gasteiger partial charge in [-0.1, -0.05) is 0 Å². The Morgan fingerprint density at radius 3 is 3.27 bits per heavy atom. The van der Waals surface area contributed by atoms with E-state index in [4.69, 9.17) is 11.6 Å². The summed E-state index contributed by atoms with van der Waals surface area (Å²) in [6.07, 6.45) is 6.27. The van der Waals surface area contributed by atoms with Crippen molar-refractivity contribution >= 4 is 17.1 Å². The molecule has 3 rings (SSSR count). The van der Waals surface area contributed by atoms with Crippen LogP contribution < -0.4 is 5.32 Å². The van der Waals surface area contributed by atoms with Gasteiger partial charge < -0.3 is 5.32 Å². The summed E-state index contributed by atoms with van der Waals surface area (Å²) in [4.78, 5) is 4.07. The summed E-state index contributed by atoms with van der Waals surface area (Å²) in [5.41, 5.74) is 2.39. The number of rotatable bonds is 1. The SMILES string of the molecule is Clc1ncc2cc(C3CCCN3)ccn12. The van der Waals surface area contributed by atoms with Crippen LogP contribution in [0.2, 0.25) is 5.28 Å². The molecule has 3 nitrogen and oxygen atoms in total. The molecule has 0 aromatic carbocycles. The third kappa shape index (κ3) is 1.52. The maximum atomic E-state index is 5.92. The number of nitrogens with zero attached hydrogens (tertiary/aromatic N) is 2. The van der Waals surface area contributed by atoms with Gasteiger partial charge in [0.2, 0.25) is 5.28 Å². The molecule has 1 aliphatic rings. The molecule has 1 saturated heterocycles. The minimum Gasteiger partial charge on any atom is -0.310 e. The Kier molecular flexibility index (Phi) is 2.15. The predicted octanol–water partition coefficient (Wildman–Crippen LogP) is 2.41. The Morgan fingerprint density at radius 1 is 1.53 bits per heavy atom. The van der Waals surface area contributed by atoms with E-state index < -0.39 is 0 Å². The monoisotopic (exact) mass is 221 g/mol. The normalized spacial score (nSPS) is 21.3. The van der Waals surface area contributed by atoms with E-state index in [2.05, 4.69) is 22.4 Å². The molecular formula is C11H12ClN3. The predicted molar refractivity (Wildman–Crippen MR) is 60.2 cm³/mol. The summed E-state index contributed by atoms with van der Waals surface area (Å²) in [7, 11) is 0. The Balaban J connectivity index is 2.05. The third-order valence-electron chi connectivity index (χ3n) is 2.97. The van der Waals surface area contributed by atoms with E-state index in [1.165, 1.54) is 18.4 Å². The van der Waals surface area contributed by atoms with Gasteiger partial charge in [0.15, 0.2) is 0 Å². The standard InChI is InChI=1S/C11H12ClN3/c12-11-14-7-9-6-8(3-5-15(9)11)10-2-1-4-13-10/h3,5-7,10,13H,1-2,4H2. The van der Waals surface area contributed by atoms with Crippen LogP contribution in [0.3, 0.4) is 0 Å². The van der Waals surface area contributed by atoms with Crippen LogP contribution in [0.15, 0.2) is 24.5 Å². The second kappa shape index (κ2) is 3.51. The topological polar surface area (TPSA) is 29.3 Å². The van der Waals surface area contributed by atoms with Gasteiger partial charge in [0.05, 0.1) is 11.7 Å². The summed E-state index contributed by atoms with van der Waals surface area (Å²) in [5, 5.41) is 4.01. The first-order valence-electron chi connectivity index (χ1n) is 5.20. The molecule has 1 atom stereocenters. The van der Waals surface area contributed by atoms with Crippen LogP contribution in [0, 0.1) is 0 Å². The van der Waals surface area contributed by atoms with E-state index >= 15 is 0 Å². The minimum absolute atomic E-state index is 0.503. The fraction of sp³-hybridized carbons (Fsp3) is 0.364. The van der Waals surface area contributed by atoms with Crippen molar-refractivity contribution in [3.8, 4) is 0 Å². The molecule has 0 saturated carbocycles. The van der Waals surface area contributed by atoms with E-state index in [9.17, 15) is 0 Å². The first-order chi connectivity index (χ1) is 7.34. The zero-order chi connectivity index (χ0) is 10.3. The van der Waals surface area contributed by atoms with E-state index in [0.717, 1.165) is 12.1 Å². The lowest BCUT2D eigenvalue weighted by Crippen LogP contribution is -2.12. The molecule has 2 aromatic heterocycles. The molecule has 1 fully saturated rings. The zero-order valence-corrected chi connectivity index (χ0v) is 9.04. The summed E-state index contributed by atoms with van der Waals surface area (Å²) >= 11 is 5.92. The fourth-order valence-corrected chi connectivity index (χ4v) is 2.37. The highest BCUT2D eigenvalue weighted by Crippen LogP contribution is 2.24. The first kappa shape index (κ1) is 9.19. The highest BCUT2D eigenvalue weighted by molar-refractivity contribution is 6.28. The maximum absolute atomic E-state index is 5.92. The number of hydrogen-bond acceptors (Lipinski definition) is 2. The van der Waals surface area contributed by atoms with Crippen LogP contribution in [0.1, 0.15) is 24.4 Å². The van der Waals surface area contributed by atoms with Gasteiger partial charge >= 0.3 is 0 Å². The van der Waals surface area contributed by atoms with Crippen molar-refractivity contribution in [2.24, 2.45) is 0 Å². The second-order valence-corrected chi connectivity index (χ2v) is 4.27. The Bertz CT molecular complexity index is 486. The number of nitrogens with one attached hydrogen (secondary N) is 1.